The van der Waals surface area contributed by atoms with Crippen molar-refractivity contribution in [1.82, 2.24) is 15.3 Å². The number of nitrogens with zero attached hydrogens (tertiary/aromatic N) is 1. The number of thioether (sulfide) groups is 1. The number of carbonyl (C=O) groups is 1. The number of hydrogen-bond donors (Lipinski definition) is 2. The van der Waals surface area contributed by atoms with E-state index in [1.165, 1.54) is 12.1 Å². The molecule has 0 radical (unpaired) electrons. The Labute approximate surface area is 148 Å². The van der Waals surface area contributed by atoms with Crippen LogP contribution in [0, 0.1) is 11.6 Å². The van der Waals surface area contributed by atoms with Crippen LogP contribution in [0.4, 0.5) is 8.78 Å². The predicted octanol–water partition coefficient (Wildman–Crippen LogP) is 2.97. The third-order valence-corrected chi connectivity index (χ3v) is 4.30. The minimum atomic E-state index is -0.710. The van der Waals surface area contributed by atoms with Crippen LogP contribution in [0.2, 0.25) is 0 Å². The molecule has 0 saturated heterocycles. The molecule has 134 valence electrons. The van der Waals surface area contributed by atoms with Gasteiger partial charge in [-0.25, -0.2) is 13.8 Å². The van der Waals surface area contributed by atoms with E-state index < -0.39 is 17.7 Å². The van der Waals surface area contributed by atoms with Crippen LogP contribution in [-0.2, 0) is 11.2 Å². The average Bonchev–Trinajstić information content (AvgIpc) is 2.52. The number of aromatic amines is 1. The molecule has 0 fully saturated rings. The van der Waals surface area contributed by atoms with Crippen molar-refractivity contribution >= 4 is 17.7 Å². The van der Waals surface area contributed by atoms with Crippen LogP contribution in [0.1, 0.15) is 37.6 Å². The summed E-state index contributed by atoms with van der Waals surface area (Å²) in [5.74, 6) is -1.70. The summed E-state index contributed by atoms with van der Waals surface area (Å²) in [6.45, 7) is 3.60. The fourth-order valence-electron chi connectivity index (χ4n) is 2.28. The van der Waals surface area contributed by atoms with Gasteiger partial charge in [0.1, 0.15) is 11.6 Å². The van der Waals surface area contributed by atoms with Crippen molar-refractivity contribution in [3.63, 3.8) is 0 Å². The van der Waals surface area contributed by atoms with Crippen LogP contribution in [-0.4, -0.2) is 21.6 Å². The van der Waals surface area contributed by atoms with Crippen LogP contribution in [0.3, 0.4) is 0 Å². The molecule has 1 aromatic heterocycles. The Morgan fingerprint density at radius 2 is 2.12 bits per heavy atom. The molecule has 1 amide bonds. The lowest BCUT2D eigenvalue weighted by Crippen LogP contribution is -2.29. The second kappa shape index (κ2) is 8.75. The van der Waals surface area contributed by atoms with E-state index in [0.717, 1.165) is 30.3 Å². The van der Waals surface area contributed by atoms with E-state index in [4.69, 9.17) is 0 Å². The molecule has 0 aliphatic heterocycles. The molecular weight excluding hydrogens is 348 g/mol. The summed E-state index contributed by atoms with van der Waals surface area (Å²) in [5, 5.41) is 3.01. The standard InChI is InChI=1S/C17H19F2N3O2S/c1-3-4-12-8-15(23)22-17(21-12)25-9-16(24)20-10(2)13-6-5-11(18)7-14(13)19/h5-8,10H,3-4,9H2,1-2H3,(H,20,24)(H,21,22,23)/t10-/m1/s1. The first-order valence-electron chi connectivity index (χ1n) is 7.86. The van der Waals surface area contributed by atoms with Crippen molar-refractivity contribution in [1.29, 1.82) is 0 Å². The van der Waals surface area contributed by atoms with Crippen LogP contribution in [0.25, 0.3) is 0 Å². The number of halogens is 2. The number of nitrogens with one attached hydrogen (secondary N) is 2. The van der Waals surface area contributed by atoms with Gasteiger partial charge in [-0.15, -0.1) is 0 Å². The summed E-state index contributed by atoms with van der Waals surface area (Å²) in [7, 11) is 0. The number of carbonyl (C=O) groups excluding carboxylic acids is 1. The quantitative estimate of drug-likeness (QED) is 0.583. The van der Waals surface area contributed by atoms with E-state index in [-0.39, 0.29) is 22.8 Å². The van der Waals surface area contributed by atoms with Crippen molar-refractivity contribution in [2.45, 2.75) is 37.9 Å². The average molecular weight is 367 g/mol. The summed E-state index contributed by atoms with van der Waals surface area (Å²) < 4.78 is 26.7. The highest BCUT2D eigenvalue weighted by atomic mass is 32.2. The summed E-state index contributed by atoms with van der Waals surface area (Å²) in [5.41, 5.74) is 0.621. The molecule has 0 aliphatic carbocycles. The van der Waals surface area contributed by atoms with E-state index in [2.05, 4.69) is 15.3 Å². The minimum absolute atomic E-state index is 0.0195. The Morgan fingerprint density at radius 3 is 2.80 bits per heavy atom. The van der Waals surface area contributed by atoms with Gasteiger partial charge in [0.15, 0.2) is 5.16 Å². The molecule has 8 heteroatoms. The third kappa shape index (κ3) is 5.67. The van der Waals surface area contributed by atoms with E-state index >= 15 is 0 Å². The highest BCUT2D eigenvalue weighted by Crippen LogP contribution is 2.18. The molecule has 1 heterocycles. The molecule has 2 rings (SSSR count). The number of aromatic nitrogens is 2. The molecule has 0 saturated carbocycles. The van der Waals surface area contributed by atoms with Gasteiger partial charge in [0.05, 0.1) is 11.8 Å². The van der Waals surface area contributed by atoms with Gasteiger partial charge in [-0.3, -0.25) is 9.59 Å². The first-order chi connectivity index (χ1) is 11.9. The Kier molecular flexibility index (Phi) is 6.69. The second-order valence-corrected chi connectivity index (χ2v) is 6.50. The number of rotatable bonds is 7. The summed E-state index contributed by atoms with van der Waals surface area (Å²) in [6, 6.07) is 4.06. The van der Waals surface area contributed by atoms with Gasteiger partial charge in [-0.2, -0.15) is 0 Å². The monoisotopic (exact) mass is 367 g/mol. The van der Waals surface area contributed by atoms with Crippen molar-refractivity contribution in [3.05, 3.63) is 57.5 Å². The maximum atomic E-state index is 13.7. The van der Waals surface area contributed by atoms with Crippen molar-refractivity contribution < 1.29 is 13.6 Å². The molecule has 2 N–H and O–H groups in total. The lowest BCUT2D eigenvalue weighted by Gasteiger charge is -2.15. The van der Waals surface area contributed by atoms with E-state index in [1.54, 1.807) is 6.92 Å². The Balaban J connectivity index is 1.95. The Bertz CT molecular complexity index is 811. The van der Waals surface area contributed by atoms with E-state index in [9.17, 15) is 18.4 Å². The molecule has 5 nitrogen and oxygen atoms in total. The first kappa shape index (κ1) is 19.1. The molecule has 25 heavy (non-hydrogen) atoms. The zero-order valence-electron chi connectivity index (χ0n) is 13.9. The third-order valence-electron chi connectivity index (χ3n) is 3.43. The molecular formula is C17H19F2N3O2S. The Hall–Kier alpha value is -2.22. The molecule has 0 unspecified atom stereocenters. The smallest absolute Gasteiger partial charge is 0.251 e. The van der Waals surface area contributed by atoms with Gasteiger partial charge < -0.3 is 10.3 Å². The first-order valence-corrected chi connectivity index (χ1v) is 8.85. The second-order valence-electron chi connectivity index (χ2n) is 5.54. The Morgan fingerprint density at radius 1 is 1.36 bits per heavy atom. The number of aryl methyl sites for hydroxylation is 1. The highest BCUT2D eigenvalue weighted by Gasteiger charge is 2.15. The van der Waals surface area contributed by atoms with Crippen LogP contribution in [0.15, 0.2) is 34.2 Å². The SMILES string of the molecule is CCCc1cc(=O)[nH]c(SCC(=O)N[C@H](C)c2ccc(F)cc2F)n1. The largest absolute Gasteiger partial charge is 0.349 e. The lowest BCUT2D eigenvalue weighted by atomic mass is 10.1. The molecule has 0 spiro atoms. The zero-order valence-corrected chi connectivity index (χ0v) is 14.8. The number of amides is 1. The fraction of sp³-hybridized carbons (Fsp3) is 0.353. The molecule has 0 bridgehead atoms. The van der Waals surface area contributed by atoms with Gasteiger partial charge in [0.25, 0.3) is 5.56 Å². The van der Waals surface area contributed by atoms with Crippen molar-refractivity contribution in [2.75, 3.05) is 5.75 Å². The predicted molar refractivity (Wildman–Crippen MR) is 92.5 cm³/mol. The van der Waals surface area contributed by atoms with Crippen LogP contribution in [0.5, 0.6) is 0 Å². The van der Waals surface area contributed by atoms with Crippen molar-refractivity contribution in [2.24, 2.45) is 0 Å². The fourth-order valence-corrected chi connectivity index (χ4v) is 2.99. The van der Waals surface area contributed by atoms with Gasteiger partial charge in [-0.1, -0.05) is 31.2 Å². The summed E-state index contributed by atoms with van der Waals surface area (Å²) in [4.78, 5) is 30.5. The van der Waals surface area contributed by atoms with E-state index in [0.29, 0.717) is 17.3 Å². The van der Waals surface area contributed by atoms with Crippen LogP contribution < -0.4 is 10.9 Å². The molecule has 0 aliphatic rings. The van der Waals surface area contributed by atoms with Gasteiger partial charge in [-0.05, 0) is 19.4 Å². The number of benzene rings is 1. The maximum Gasteiger partial charge on any atom is 0.251 e. The van der Waals surface area contributed by atoms with Gasteiger partial charge in [0.2, 0.25) is 5.91 Å². The lowest BCUT2D eigenvalue weighted by molar-refractivity contribution is -0.119. The summed E-state index contributed by atoms with van der Waals surface area (Å²) >= 11 is 1.09. The van der Waals surface area contributed by atoms with Gasteiger partial charge >= 0.3 is 0 Å². The minimum Gasteiger partial charge on any atom is -0.349 e. The maximum absolute atomic E-state index is 13.7. The van der Waals surface area contributed by atoms with Crippen LogP contribution >= 0.6 is 11.8 Å². The molecule has 2 aromatic rings. The summed E-state index contributed by atoms with van der Waals surface area (Å²) in [6.07, 6.45) is 1.55. The normalized spacial score (nSPS) is 12.0. The molecule has 1 aromatic carbocycles. The van der Waals surface area contributed by atoms with Gasteiger partial charge in [0, 0.05) is 23.4 Å². The number of H-pyrrole nitrogens is 1. The molecule has 1 atom stereocenters. The van der Waals surface area contributed by atoms with Crippen molar-refractivity contribution in [3.8, 4) is 0 Å². The topological polar surface area (TPSA) is 74.8 Å². The number of hydrogen-bond acceptors (Lipinski definition) is 4. The van der Waals surface area contributed by atoms with E-state index in [1.807, 2.05) is 6.92 Å². The zero-order chi connectivity index (χ0) is 18.4. The highest BCUT2D eigenvalue weighted by molar-refractivity contribution is 7.99.